The molecule has 0 aromatic carbocycles. The first-order valence-corrected chi connectivity index (χ1v) is 6.01. The van der Waals surface area contributed by atoms with Gasteiger partial charge in [-0.1, -0.05) is 6.92 Å². The molecule has 0 fully saturated rings. The zero-order chi connectivity index (χ0) is 13.0. The number of nitrogens with one attached hydrogen (secondary N) is 1. The first-order chi connectivity index (χ1) is 8.69. The van der Waals surface area contributed by atoms with E-state index in [1.165, 1.54) is 12.3 Å². The van der Waals surface area contributed by atoms with Crippen molar-refractivity contribution in [3.05, 3.63) is 47.8 Å². The van der Waals surface area contributed by atoms with Crippen LogP contribution in [-0.4, -0.2) is 21.3 Å². The number of nitrogens with zero attached hydrogens (tertiary/aromatic N) is 3. The molecule has 0 aliphatic carbocycles. The highest BCUT2D eigenvalue weighted by Gasteiger charge is 2.13. The lowest BCUT2D eigenvalue weighted by Gasteiger charge is -2.16. The first-order valence-electron chi connectivity index (χ1n) is 6.01. The van der Waals surface area contributed by atoms with Crippen LogP contribution in [0.3, 0.4) is 0 Å². The SMILES string of the molecule is CCNC(Cc1ccn(C)n1)c1cncc(F)c1. The summed E-state index contributed by atoms with van der Waals surface area (Å²) in [5.41, 5.74) is 1.83. The molecule has 1 N–H and O–H groups in total. The van der Waals surface area contributed by atoms with Crippen LogP contribution in [0.25, 0.3) is 0 Å². The van der Waals surface area contributed by atoms with Crippen LogP contribution in [0.5, 0.6) is 0 Å². The number of aryl methyl sites for hydroxylation is 1. The normalized spacial score (nSPS) is 12.6. The second kappa shape index (κ2) is 5.73. The number of hydrogen-bond donors (Lipinski definition) is 1. The molecule has 2 aromatic rings. The van der Waals surface area contributed by atoms with Crippen LogP contribution in [-0.2, 0) is 13.5 Å². The van der Waals surface area contributed by atoms with E-state index in [0.717, 1.165) is 24.2 Å². The number of pyridine rings is 1. The summed E-state index contributed by atoms with van der Waals surface area (Å²) in [6.45, 7) is 2.84. The van der Waals surface area contributed by atoms with E-state index in [1.54, 1.807) is 10.9 Å². The Kier molecular flexibility index (Phi) is 4.04. The van der Waals surface area contributed by atoms with Crippen LogP contribution in [0.4, 0.5) is 4.39 Å². The van der Waals surface area contributed by atoms with E-state index in [9.17, 15) is 4.39 Å². The van der Waals surface area contributed by atoms with Crippen LogP contribution in [0.15, 0.2) is 30.7 Å². The van der Waals surface area contributed by atoms with Crippen LogP contribution in [0, 0.1) is 5.82 Å². The molecule has 5 heteroatoms. The highest BCUT2D eigenvalue weighted by atomic mass is 19.1. The van der Waals surface area contributed by atoms with Gasteiger partial charge in [-0.3, -0.25) is 9.67 Å². The fourth-order valence-corrected chi connectivity index (χ4v) is 1.95. The predicted molar refractivity (Wildman–Crippen MR) is 67.5 cm³/mol. The average Bonchev–Trinajstić information content (AvgIpc) is 2.74. The Morgan fingerprint density at radius 3 is 2.89 bits per heavy atom. The second-order valence-electron chi connectivity index (χ2n) is 4.23. The van der Waals surface area contributed by atoms with E-state index < -0.39 is 0 Å². The minimum Gasteiger partial charge on any atom is -0.310 e. The minimum atomic E-state index is -0.309. The van der Waals surface area contributed by atoms with Gasteiger partial charge in [0.15, 0.2) is 0 Å². The van der Waals surface area contributed by atoms with E-state index in [0.29, 0.717) is 0 Å². The third-order valence-electron chi connectivity index (χ3n) is 2.76. The molecule has 96 valence electrons. The summed E-state index contributed by atoms with van der Waals surface area (Å²) in [6.07, 6.45) is 5.54. The molecule has 2 rings (SSSR count). The molecular weight excluding hydrogens is 231 g/mol. The van der Waals surface area contributed by atoms with Gasteiger partial charge < -0.3 is 5.32 Å². The van der Waals surface area contributed by atoms with Crippen molar-refractivity contribution in [3.8, 4) is 0 Å². The Bertz CT molecular complexity index is 509. The van der Waals surface area contributed by atoms with Gasteiger partial charge in [0.05, 0.1) is 11.9 Å². The highest BCUT2D eigenvalue weighted by Crippen LogP contribution is 2.17. The van der Waals surface area contributed by atoms with E-state index in [1.807, 2.05) is 26.2 Å². The van der Waals surface area contributed by atoms with Gasteiger partial charge in [0.2, 0.25) is 0 Å². The molecule has 0 saturated heterocycles. The molecular formula is C13H17FN4. The third kappa shape index (κ3) is 3.13. The summed E-state index contributed by atoms with van der Waals surface area (Å²) in [7, 11) is 1.88. The molecule has 1 unspecified atom stereocenters. The Morgan fingerprint density at radius 2 is 2.28 bits per heavy atom. The number of rotatable bonds is 5. The fourth-order valence-electron chi connectivity index (χ4n) is 1.95. The zero-order valence-electron chi connectivity index (χ0n) is 10.6. The lowest BCUT2D eigenvalue weighted by Crippen LogP contribution is -2.23. The van der Waals surface area contributed by atoms with Gasteiger partial charge in [0, 0.05) is 31.9 Å². The number of aromatic nitrogens is 3. The van der Waals surface area contributed by atoms with Crippen molar-refractivity contribution in [1.82, 2.24) is 20.1 Å². The van der Waals surface area contributed by atoms with Crippen LogP contribution in [0.2, 0.25) is 0 Å². The van der Waals surface area contributed by atoms with Crippen molar-refractivity contribution in [2.75, 3.05) is 6.54 Å². The lowest BCUT2D eigenvalue weighted by atomic mass is 10.0. The zero-order valence-corrected chi connectivity index (χ0v) is 10.6. The molecule has 18 heavy (non-hydrogen) atoms. The average molecular weight is 248 g/mol. The van der Waals surface area contributed by atoms with Crippen molar-refractivity contribution < 1.29 is 4.39 Å². The Hall–Kier alpha value is -1.75. The van der Waals surface area contributed by atoms with E-state index >= 15 is 0 Å². The van der Waals surface area contributed by atoms with E-state index in [2.05, 4.69) is 15.4 Å². The molecule has 0 amide bonds. The van der Waals surface area contributed by atoms with E-state index in [4.69, 9.17) is 0 Å². The molecule has 0 spiro atoms. The van der Waals surface area contributed by atoms with Crippen molar-refractivity contribution in [2.24, 2.45) is 7.05 Å². The maximum Gasteiger partial charge on any atom is 0.141 e. The molecule has 2 aromatic heterocycles. The quantitative estimate of drug-likeness (QED) is 0.878. The molecule has 4 nitrogen and oxygen atoms in total. The maximum atomic E-state index is 13.2. The summed E-state index contributed by atoms with van der Waals surface area (Å²) in [5.74, 6) is -0.309. The minimum absolute atomic E-state index is 0.0353. The number of hydrogen-bond acceptors (Lipinski definition) is 3. The molecule has 1 atom stereocenters. The van der Waals surface area contributed by atoms with Gasteiger partial charge in [-0.25, -0.2) is 4.39 Å². The molecule has 0 bridgehead atoms. The van der Waals surface area contributed by atoms with Gasteiger partial charge in [-0.2, -0.15) is 5.10 Å². The topological polar surface area (TPSA) is 42.7 Å². The summed E-state index contributed by atoms with van der Waals surface area (Å²) in [6, 6.07) is 3.52. The summed E-state index contributed by atoms with van der Waals surface area (Å²) >= 11 is 0. The Labute approximate surface area is 106 Å². The molecule has 0 saturated carbocycles. The van der Waals surface area contributed by atoms with Crippen molar-refractivity contribution >= 4 is 0 Å². The molecule has 0 aliphatic heterocycles. The first kappa shape index (κ1) is 12.7. The van der Waals surface area contributed by atoms with Crippen LogP contribution < -0.4 is 5.32 Å². The maximum absolute atomic E-state index is 13.2. The summed E-state index contributed by atoms with van der Waals surface area (Å²) < 4.78 is 15.0. The molecule has 0 radical (unpaired) electrons. The monoisotopic (exact) mass is 248 g/mol. The van der Waals surface area contributed by atoms with Gasteiger partial charge >= 0.3 is 0 Å². The second-order valence-corrected chi connectivity index (χ2v) is 4.23. The van der Waals surface area contributed by atoms with Crippen molar-refractivity contribution in [2.45, 2.75) is 19.4 Å². The highest BCUT2D eigenvalue weighted by molar-refractivity contribution is 5.17. The van der Waals surface area contributed by atoms with Gasteiger partial charge in [0.1, 0.15) is 5.82 Å². The van der Waals surface area contributed by atoms with Gasteiger partial charge in [-0.15, -0.1) is 0 Å². The summed E-state index contributed by atoms with van der Waals surface area (Å²) in [5, 5.41) is 7.67. The van der Waals surface area contributed by atoms with Crippen molar-refractivity contribution in [3.63, 3.8) is 0 Å². The van der Waals surface area contributed by atoms with Gasteiger partial charge in [-0.05, 0) is 24.2 Å². The Morgan fingerprint density at radius 1 is 1.44 bits per heavy atom. The van der Waals surface area contributed by atoms with Crippen LogP contribution >= 0.6 is 0 Å². The fraction of sp³-hybridized carbons (Fsp3) is 0.385. The Balaban J connectivity index is 2.17. The predicted octanol–water partition coefficient (Wildman–Crippen LogP) is 1.85. The lowest BCUT2D eigenvalue weighted by molar-refractivity contribution is 0.531. The largest absolute Gasteiger partial charge is 0.310 e. The summed E-state index contributed by atoms with van der Waals surface area (Å²) in [4.78, 5) is 3.89. The molecule has 0 aliphatic rings. The third-order valence-corrected chi connectivity index (χ3v) is 2.76. The van der Waals surface area contributed by atoms with Crippen molar-refractivity contribution in [1.29, 1.82) is 0 Å². The van der Waals surface area contributed by atoms with Crippen LogP contribution in [0.1, 0.15) is 24.2 Å². The van der Waals surface area contributed by atoms with Gasteiger partial charge in [0.25, 0.3) is 0 Å². The number of halogens is 1. The number of likely N-dealkylation sites (N-methyl/N-ethyl adjacent to an activating group) is 1. The molecule has 2 heterocycles. The standard InChI is InChI=1S/C13H17FN4/c1-3-16-13(7-12-4-5-18(2)17-12)10-6-11(14)9-15-8-10/h4-6,8-9,13,16H,3,7H2,1-2H3. The smallest absolute Gasteiger partial charge is 0.141 e. The van der Waals surface area contributed by atoms with E-state index in [-0.39, 0.29) is 11.9 Å².